The molecule has 1 nitrogen and oxygen atoms in total. The topological polar surface area (TPSA) is 12.9 Å². The summed E-state index contributed by atoms with van der Waals surface area (Å²) in [6.07, 6.45) is 2.45. The average Bonchev–Trinajstić information content (AvgIpc) is 2.04. The lowest BCUT2D eigenvalue weighted by molar-refractivity contribution is 0.605. The molecule has 0 aromatic carbocycles. The van der Waals surface area contributed by atoms with Crippen LogP contribution in [0.15, 0.2) is 12.3 Å². The second-order valence-electron chi connectivity index (χ2n) is 2.26. The third kappa shape index (κ3) is 1.90. The van der Waals surface area contributed by atoms with Crippen LogP contribution in [0.25, 0.3) is 0 Å². The Labute approximate surface area is 70.2 Å². The summed E-state index contributed by atoms with van der Waals surface area (Å²) >= 11 is 5.43. The maximum Gasteiger partial charge on any atom is 0.146 e. The van der Waals surface area contributed by atoms with Gasteiger partial charge in [0, 0.05) is 6.20 Å². The van der Waals surface area contributed by atoms with Gasteiger partial charge in [-0.15, -0.1) is 11.6 Å². The van der Waals surface area contributed by atoms with Gasteiger partial charge in [-0.05, 0) is 18.1 Å². The van der Waals surface area contributed by atoms with Gasteiger partial charge in [0.25, 0.3) is 0 Å². The molecular weight excluding hydrogens is 165 g/mol. The van der Waals surface area contributed by atoms with Gasteiger partial charge in [0.2, 0.25) is 0 Å². The highest BCUT2D eigenvalue weighted by atomic mass is 35.5. The van der Waals surface area contributed by atoms with Crippen LogP contribution < -0.4 is 0 Å². The van der Waals surface area contributed by atoms with E-state index in [0.29, 0.717) is 5.69 Å². The molecule has 0 amide bonds. The van der Waals surface area contributed by atoms with E-state index >= 15 is 0 Å². The Morgan fingerprint density at radius 1 is 1.64 bits per heavy atom. The number of halogens is 2. The molecule has 3 heteroatoms. The number of nitrogens with zero attached hydrogens (tertiary/aromatic N) is 1. The first kappa shape index (κ1) is 8.47. The Bertz CT molecular complexity index is 250. The number of hydrogen-bond donors (Lipinski definition) is 0. The predicted molar refractivity (Wildman–Crippen MR) is 43.1 cm³/mol. The summed E-state index contributed by atoms with van der Waals surface area (Å²) in [4.78, 5) is 3.86. The van der Waals surface area contributed by atoms with E-state index in [1.807, 2.05) is 6.92 Å². The number of alkyl halides is 1. The van der Waals surface area contributed by atoms with Crippen molar-refractivity contribution >= 4 is 11.6 Å². The molecule has 0 bridgehead atoms. The van der Waals surface area contributed by atoms with E-state index in [-0.39, 0.29) is 11.7 Å². The predicted octanol–water partition coefficient (Wildman–Crippen LogP) is 2.52. The zero-order valence-corrected chi connectivity index (χ0v) is 7.03. The van der Waals surface area contributed by atoms with E-state index in [2.05, 4.69) is 4.98 Å². The van der Waals surface area contributed by atoms with Gasteiger partial charge >= 0.3 is 0 Å². The van der Waals surface area contributed by atoms with Crippen molar-refractivity contribution in [2.45, 2.75) is 19.2 Å². The van der Waals surface area contributed by atoms with E-state index in [0.717, 1.165) is 12.0 Å². The molecule has 0 fully saturated rings. The first-order chi connectivity index (χ1) is 5.27. The third-order valence-electron chi connectivity index (χ3n) is 1.51. The first-order valence-corrected chi connectivity index (χ1v) is 4.00. The molecular formula is C8H9ClFN. The summed E-state index contributed by atoms with van der Waals surface area (Å²) in [5.74, 6) is -0.171. The minimum Gasteiger partial charge on any atom is -0.257 e. The Kier molecular flexibility index (Phi) is 2.83. The number of pyridine rings is 1. The number of aryl methyl sites for hydroxylation is 1. The van der Waals surface area contributed by atoms with Crippen LogP contribution in [0.3, 0.4) is 0 Å². The van der Waals surface area contributed by atoms with Crippen LogP contribution in [0, 0.1) is 5.82 Å². The molecule has 0 saturated carbocycles. The summed E-state index contributed by atoms with van der Waals surface area (Å²) in [5.41, 5.74) is 1.22. The zero-order valence-electron chi connectivity index (χ0n) is 6.27. The molecule has 60 valence electrons. The monoisotopic (exact) mass is 173 g/mol. The van der Waals surface area contributed by atoms with Crippen molar-refractivity contribution in [1.29, 1.82) is 0 Å². The van der Waals surface area contributed by atoms with Crippen LogP contribution in [-0.2, 0) is 12.3 Å². The minimum absolute atomic E-state index is 0.135. The summed E-state index contributed by atoms with van der Waals surface area (Å²) in [5, 5.41) is 0. The van der Waals surface area contributed by atoms with Crippen molar-refractivity contribution < 1.29 is 4.39 Å². The maximum absolute atomic E-state index is 12.9. The van der Waals surface area contributed by atoms with Gasteiger partial charge in [0.05, 0.1) is 11.6 Å². The fourth-order valence-corrected chi connectivity index (χ4v) is 0.994. The van der Waals surface area contributed by atoms with Gasteiger partial charge in [-0.25, -0.2) is 4.39 Å². The van der Waals surface area contributed by atoms with Crippen LogP contribution in [-0.4, -0.2) is 4.98 Å². The molecule has 0 N–H and O–H groups in total. The molecule has 1 aromatic rings. The van der Waals surface area contributed by atoms with Crippen LogP contribution >= 0.6 is 11.6 Å². The molecule has 11 heavy (non-hydrogen) atoms. The van der Waals surface area contributed by atoms with Crippen LogP contribution in [0.4, 0.5) is 4.39 Å². The number of hydrogen-bond acceptors (Lipinski definition) is 1. The Balaban J connectivity index is 2.99. The summed E-state index contributed by atoms with van der Waals surface area (Å²) in [7, 11) is 0. The van der Waals surface area contributed by atoms with Gasteiger partial charge in [0.1, 0.15) is 5.82 Å². The van der Waals surface area contributed by atoms with Gasteiger partial charge < -0.3 is 0 Å². The molecule has 0 atom stereocenters. The maximum atomic E-state index is 12.9. The van der Waals surface area contributed by atoms with Crippen molar-refractivity contribution in [3.63, 3.8) is 0 Å². The van der Waals surface area contributed by atoms with Gasteiger partial charge in [-0.1, -0.05) is 6.92 Å². The van der Waals surface area contributed by atoms with E-state index in [9.17, 15) is 4.39 Å². The summed E-state index contributed by atoms with van der Waals surface area (Å²) in [6.45, 7) is 1.96. The molecule has 1 heterocycles. The number of rotatable bonds is 2. The largest absolute Gasteiger partial charge is 0.257 e. The lowest BCUT2D eigenvalue weighted by Gasteiger charge is -1.99. The Hall–Kier alpha value is -0.630. The third-order valence-corrected chi connectivity index (χ3v) is 1.76. The number of aromatic nitrogens is 1. The van der Waals surface area contributed by atoms with Gasteiger partial charge in [0.15, 0.2) is 0 Å². The van der Waals surface area contributed by atoms with Crippen LogP contribution in [0.2, 0.25) is 0 Å². The zero-order chi connectivity index (χ0) is 8.27. The van der Waals surface area contributed by atoms with Crippen molar-refractivity contribution in [3.8, 4) is 0 Å². The summed E-state index contributed by atoms with van der Waals surface area (Å²) in [6, 6.07) is 1.48. The molecule has 0 aliphatic heterocycles. The second kappa shape index (κ2) is 3.67. The highest BCUT2D eigenvalue weighted by Crippen LogP contribution is 2.09. The van der Waals surface area contributed by atoms with Crippen molar-refractivity contribution in [2.75, 3.05) is 0 Å². The van der Waals surface area contributed by atoms with E-state index in [1.54, 1.807) is 6.20 Å². The molecule has 1 rings (SSSR count). The second-order valence-corrected chi connectivity index (χ2v) is 2.53. The van der Waals surface area contributed by atoms with E-state index in [1.165, 1.54) is 6.07 Å². The Morgan fingerprint density at radius 3 is 2.82 bits per heavy atom. The van der Waals surface area contributed by atoms with Crippen LogP contribution in [0.5, 0.6) is 0 Å². The molecule has 1 aromatic heterocycles. The Morgan fingerprint density at radius 2 is 2.36 bits per heavy atom. The standard InChI is InChI=1S/C8H9ClFN/c1-2-6-3-7(10)8(4-9)11-5-6/h3,5H,2,4H2,1H3. The highest BCUT2D eigenvalue weighted by Gasteiger charge is 2.01. The molecule has 0 spiro atoms. The minimum atomic E-state index is -0.306. The van der Waals surface area contributed by atoms with E-state index < -0.39 is 0 Å². The van der Waals surface area contributed by atoms with Crippen molar-refractivity contribution in [1.82, 2.24) is 4.98 Å². The quantitative estimate of drug-likeness (QED) is 0.627. The molecule has 0 aliphatic carbocycles. The normalized spacial score (nSPS) is 10.1. The lowest BCUT2D eigenvalue weighted by Crippen LogP contribution is -1.93. The fraction of sp³-hybridized carbons (Fsp3) is 0.375. The SMILES string of the molecule is CCc1cnc(CCl)c(F)c1. The smallest absolute Gasteiger partial charge is 0.146 e. The first-order valence-electron chi connectivity index (χ1n) is 3.47. The van der Waals surface area contributed by atoms with Crippen molar-refractivity contribution in [2.24, 2.45) is 0 Å². The van der Waals surface area contributed by atoms with Crippen LogP contribution in [0.1, 0.15) is 18.2 Å². The molecule has 0 unspecified atom stereocenters. The molecule has 0 radical (unpaired) electrons. The lowest BCUT2D eigenvalue weighted by atomic mass is 10.2. The van der Waals surface area contributed by atoms with Gasteiger partial charge in [-0.2, -0.15) is 0 Å². The van der Waals surface area contributed by atoms with E-state index in [4.69, 9.17) is 11.6 Å². The summed E-state index contributed by atoms with van der Waals surface area (Å²) < 4.78 is 12.9. The molecule has 0 saturated heterocycles. The van der Waals surface area contributed by atoms with Crippen molar-refractivity contribution in [3.05, 3.63) is 29.3 Å². The van der Waals surface area contributed by atoms with Gasteiger partial charge in [-0.3, -0.25) is 4.98 Å². The highest BCUT2D eigenvalue weighted by molar-refractivity contribution is 6.16. The fourth-order valence-electron chi connectivity index (χ4n) is 0.798. The average molecular weight is 174 g/mol. The molecule has 0 aliphatic rings.